The van der Waals surface area contributed by atoms with E-state index in [1.807, 2.05) is 24.3 Å². The van der Waals surface area contributed by atoms with Gasteiger partial charge in [-0.1, -0.05) is 30.3 Å². The van der Waals surface area contributed by atoms with Gasteiger partial charge in [0.15, 0.2) is 0 Å². The zero-order valence-corrected chi connectivity index (χ0v) is 15.7. The minimum absolute atomic E-state index is 0.0129. The van der Waals surface area contributed by atoms with E-state index in [1.54, 1.807) is 23.1 Å². The first-order valence-electron chi connectivity index (χ1n) is 8.49. The number of carbonyl (C=O) groups excluding carboxylic acids is 2. The molecule has 1 aliphatic heterocycles. The second-order valence-corrected chi connectivity index (χ2v) is 8.17. The van der Waals surface area contributed by atoms with Gasteiger partial charge in [0, 0.05) is 26.2 Å². The second-order valence-electron chi connectivity index (χ2n) is 6.23. The number of methoxy groups -OCH3 is 1. The number of sulfonamides is 1. The van der Waals surface area contributed by atoms with Gasteiger partial charge in [-0.25, -0.2) is 13.2 Å². The van der Waals surface area contributed by atoms with Gasteiger partial charge >= 0.3 is 6.09 Å². The van der Waals surface area contributed by atoms with Gasteiger partial charge in [0.05, 0.1) is 18.6 Å². The fraction of sp³-hybridized carbons (Fsp3) is 0.333. The minimum atomic E-state index is -3.60. The normalized spacial score (nSPS) is 16.2. The Bertz CT molecular complexity index is 952. The van der Waals surface area contributed by atoms with Crippen LogP contribution in [-0.2, 0) is 19.6 Å². The van der Waals surface area contributed by atoms with Gasteiger partial charge in [-0.05, 0) is 22.9 Å². The molecule has 2 aromatic carbocycles. The monoisotopic (exact) mass is 391 g/mol. The highest BCUT2D eigenvalue weighted by atomic mass is 32.2. The van der Waals surface area contributed by atoms with Gasteiger partial charge in [-0.3, -0.25) is 15.0 Å². The van der Waals surface area contributed by atoms with E-state index in [0.717, 1.165) is 10.8 Å². The summed E-state index contributed by atoms with van der Waals surface area (Å²) in [6, 6.07) is 12.7. The van der Waals surface area contributed by atoms with Crippen LogP contribution in [0.1, 0.15) is 0 Å². The lowest BCUT2D eigenvalue weighted by Gasteiger charge is -2.33. The molecule has 144 valence electrons. The fourth-order valence-electron chi connectivity index (χ4n) is 3.01. The highest BCUT2D eigenvalue weighted by Gasteiger charge is 2.29. The number of hydrogen-bond acceptors (Lipinski definition) is 6. The summed E-state index contributed by atoms with van der Waals surface area (Å²) >= 11 is 0. The molecule has 1 N–H and O–H groups in total. The number of nitrogens with zero attached hydrogens (tertiary/aromatic N) is 2. The number of imide groups is 1. The smallest absolute Gasteiger partial charge is 0.413 e. The van der Waals surface area contributed by atoms with Crippen molar-refractivity contribution < 1.29 is 22.7 Å². The summed E-state index contributed by atoms with van der Waals surface area (Å²) in [6.45, 7) is 1.38. The third-order valence-electron chi connectivity index (χ3n) is 4.48. The van der Waals surface area contributed by atoms with E-state index in [1.165, 1.54) is 11.4 Å². The maximum Gasteiger partial charge on any atom is 0.413 e. The van der Waals surface area contributed by atoms with E-state index in [2.05, 4.69) is 10.1 Å². The molecule has 0 aliphatic carbocycles. The quantitative estimate of drug-likeness (QED) is 0.836. The lowest BCUT2D eigenvalue weighted by atomic mass is 10.1. The van der Waals surface area contributed by atoms with Gasteiger partial charge < -0.3 is 4.74 Å². The highest BCUT2D eigenvalue weighted by Crippen LogP contribution is 2.22. The van der Waals surface area contributed by atoms with Crippen LogP contribution in [0.5, 0.6) is 0 Å². The summed E-state index contributed by atoms with van der Waals surface area (Å²) in [5, 5.41) is 3.94. The zero-order chi connectivity index (χ0) is 19.4. The van der Waals surface area contributed by atoms with Crippen molar-refractivity contribution in [1.82, 2.24) is 14.5 Å². The molecular weight excluding hydrogens is 370 g/mol. The number of ether oxygens (including phenoxy) is 1. The zero-order valence-electron chi connectivity index (χ0n) is 14.9. The van der Waals surface area contributed by atoms with E-state index < -0.39 is 22.0 Å². The number of nitrogens with one attached hydrogen (secondary N) is 1. The minimum Gasteiger partial charge on any atom is -0.453 e. The van der Waals surface area contributed by atoms with E-state index in [4.69, 9.17) is 0 Å². The SMILES string of the molecule is COC(=O)NC(=O)CN1CCN(S(=O)(=O)c2ccc3ccccc3c2)CC1. The van der Waals surface area contributed by atoms with Crippen LogP contribution < -0.4 is 5.32 Å². The van der Waals surface area contributed by atoms with Crippen molar-refractivity contribution in [2.75, 3.05) is 39.8 Å². The molecule has 0 spiro atoms. The summed E-state index contributed by atoms with van der Waals surface area (Å²) in [5.41, 5.74) is 0. The molecule has 0 saturated carbocycles. The van der Waals surface area contributed by atoms with Gasteiger partial charge in [-0.2, -0.15) is 4.31 Å². The molecule has 1 saturated heterocycles. The Morgan fingerprint density at radius 1 is 1.04 bits per heavy atom. The molecule has 9 heteroatoms. The Labute approximate surface area is 157 Å². The van der Waals surface area contributed by atoms with Crippen LogP contribution in [0.15, 0.2) is 47.4 Å². The van der Waals surface area contributed by atoms with Crippen LogP contribution in [0, 0.1) is 0 Å². The third kappa shape index (κ3) is 4.44. The van der Waals surface area contributed by atoms with Crippen LogP contribution >= 0.6 is 0 Å². The first kappa shape index (κ1) is 19.3. The Morgan fingerprint density at radius 2 is 1.70 bits per heavy atom. The number of carbonyl (C=O) groups is 2. The Balaban J connectivity index is 1.64. The molecule has 3 rings (SSSR count). The Morgan fingerprint density at radius 3 is 2.37 bits per heavy atom. The van der Waals surface area contributed by atoms with Gasteiger partial charge in [0.2, 0.25) is 15.9 Å². The van der Waals surface area contributed by atoms with Crippen molar-refractivity contribution in [3.05, 3.63) is 42.5 Å². The number of alkyl carbamates (subject to hydrolysis) is 1. The van der Waals surface area contributed by atoms with E-state index in [0.29, 0.717) is 13.1 Å². The van der Waals surface area contributed by atoms with Crippen LogP contribution in [0.2, 0.25) is 0 Å². The van der Waals surface area contributed by atoms with E-state index in [-0.39, 0.29) is 24.5 Å². The van der Waals surface area contributed by atoms with Gasteiger partial charge in [-0.15, -0.1) is 0 Å². The Hall–Kier alpha value is -2.49. The average molecular weight is 391 g/mol. The van der Waals surface area contributed by atoms with Crippen molar-refractivity contribution in [3.63, 3.8) is 0 Å². The number of rotatable bonds is 4. The predicted octanol–water partition coefficient (Wildman–Crippen LogP) is 1.03. The molecule has 2 aromatic rings. The summed E-state index contributed by atoms with van der Waals surface area (Å²) < 4.78 is 31.6. The second kappa shape index (κ2) is 8.03. The van der Waals surface area contributed by atoms with Gasteiger partial charge in [0.25, 0.3) is 0 Å². The van der Waals surface area contributed by atoms with Crippen molar-refractivity contribution in [1.29, 1.82) is 0 Å². The number of fused-ring (bicyclic) bond motifs is 1. The number of amides is 2. The maximum absolute atomic E-state index is 12.9. The van der Waals surface area contributed by atoms with Gasteiger partial charge in [0.1, 0.15) is 0 Å². The molecule has 2 amide bonds. The number of piperazine rings is 1. The van der Waals surface area contributed by atoms with Crippen LogP contribution in [0.3, 0.4) is 0 Å². The molecule has 1 fully saturated rings. The molecular formula is C18H21N3O5S. The topological polar surface area (TPSA) is 96.0 Å². The molecule has 8 nitrogen and oxygen atoms in total. The van der Waals surface area contributed by atoms with E-state index >= 15 is 0 Å². The van der Waals surface area contributed by atoms with Crippen molar-refractivity contribution >= 4 is 32.8 Å². The summed E-state index contributed by atoms with van der Waals surface area (Å²) in [6.07, 6.45) is -0.808. The van der Waals surface area contributed by atoms with Crippen LogP contribution in [0.4, 0.5) is 4.79 Å². The van der Waals surface area contributed by atoms with Crippen molar-refractivity contribution in [2.24, 2.45) is 0 Å². The summed E-state index contributed by atoms with van der Waals surface area (Å²) in [4.78, 5) is 24.8. The van der Waals surface area contributed by atoms with Crippen LogP contribution in [-0.4, -0.2) is 69.5 Å². The summed E-state index contributed by atoms with van der Waals surface area (Å²) in [5.74, 6) is -0.479. The van der Waals surface area contributed by atoms with Crippen molar-refractivity contribution in [3.8, 4) is 0 Å². The lowest BCUT2D eigenvalue weighted by molar-refractivity contribution is -0.121. The highest BCUT2D eigenvalue weighted by molar-refractivity contribution is 7.89. The molecule has 0 bridgehead atoms. The van der Waals surface area contributed by atoms with E-state index in [9.17, 15) is 18.0 Å². The maximum atomic E-state index is 12.9. The molecule has 1 aliphatic rings. The molecule has 0 unspecified atom stereocenters. The number of hydrogen-bond donors (Lipinski definition) is 1. The summed E-state index contributed by atoms with van der Waals surface area (Å²) in [7, 11) is -2.42. The predicted molar refractivity (Wildman–Crippen MR) is 99.7 cm³/mol. The molecule has 0 atom stereocenters. The molecule has 1 heterocycles. The fourth-order valence-corrected chi connectivity index (χ4v) is 4.47. The largest absolute Gasteiger partial charge is 0.453 e. The van der Waals surface area contributed by atoms with Crippen molar-refractivity contribution in [2.45, 2.75) is 4.90 Å². The lowest BCUT2D eigenvalue weighted by Crippen LogP contribution is -2.51. The first-order valence-corrected chi connectivity index (χ1v) is 9.93. The molecule has 0 radical (unpaired) electrons. The Kier molecular flexibility index (Phi) is 5.73. The molecule has 27 heavy (non-hydrogen) atoms. The van der Waals surface area contributed by atoms with Crippen LogP contribution in [0.25, 0.3) is 10.8 Å². The first-order chi connectivity index (χ1) is 12.9. The third-order valence-corrected chi connectivity index (χ3v) is 6.38. The number of benzene rings is 2. The standard InChI is InChI=1S/C18H21N3O5S/c1-26-18(23)19-17(22)13-20-8-10-21(11-9-20)27(24,25)16-7-6-14-4-2-3-5-15(14)12-16/h2-7,12H,8-11,13H2,1H3,(H,19,22,23). The average Bonchev–Trinajstić information content (AvgIpc) is 2.67. The molecule has 0 aromatic heterocycles.